The van der Waals surface area contributed by atoms with E-state index in [1.165, 1.54) is 27.7 Å². The summed E-state index contributed by atoms with van der Waals surface area (Å²) >= 11 is 1.79. The van der Waals surface area contributed by atoms with E-state index < -0.39 is 30.8 Å². The van der Waals surface area contributed by atoms with Gasteiger partial charge in [-0.15, -0.1) is 0 Å². The van der Waals surface area contributed by atoms with Crippen molar-refractivity contribution in [3.63, 3.8) is 0 Å². The van der Waals surface area contributed by atoms with Gasteiger partial charge >= 0.3 is 0 Å². The molecule has 0 saturated heterocycles. The van der Waals surface area contributed by atoms with E-state index in [1.54, 1.807) is 23.9 Å². The summed E-state index contributed by atoms with van der Waals surface area (Å²) in [5.41, 5.74) is 14.8. The summed E-state index contributed by atoms with van der Waals surface area (Å²) in [5, 5.41) is 0. The van der Waals surface area contributed by atoms with Crippen LogP contribution in [0, 0.1) is 0 Å². The third-order valence-electron chi connectivity index (χ3n) is 12.8. The lowest BCUT2D eigenvalue weighted by Crippen LogP contribution is -2.37. The minimum atomic E-state index is -4.39. The van der Waals surface area contributed by atoms with Gasteiger partial charge in [-0.25, -0.2) is 4.21 Å². The second kappa shape index (κ2) is 18.8. The zero-order valence-electron chi connectivity index (χ0n) is 39.8. The number of hydrogen-bond donors (Lipinski definition) is 3. The average Bonchev–Trinajstić information content (AvgIpc) is 3.53. The largest absolute Gasteiger partial charge is 0.344 e. The van der Waals surface area contributed by atoms with E-state index >= 15 is 0 Å². The van der Waals surface area contributed by atoms with Crippen molar-refractivity contribution in [1.29, 1.82) is 0 Å². The Morgan fingerprint density at radius 1 is 0.812 bits per heavy atom. The number of benzene rings is 3. The summed E-state index contributed by atoms with van der Waals surface area (Å²) in [5.74, 6) is 3.58. The summed E-state index contributed by atoms with van der Waals surface area (Å²) in [4.78, 5) is 4.94. The molecule has 0 fully saturated rings. The molecule has 0 amide bonds. The molecule has 0 radical (unpaired) electrons. The third kappa shape index (κ3) is 11.4. The Hall–Kier alpha value is -3.79. The molecule has 3 aliphatic rings. The Bertz CT molecular complexity index is 2640. The fourth-order valence-corrected chi connectivity index (χ4v) is 11.5. The normalized spacial score (nSPS) is 19.9. The van der Waals surface area contributed by atoms with Crippen molar-refractivity contribution in [2.45, 2.75) is 91.7 Å². The van der Waals surface area contributed by atoms with Crippen LogP contribution in [0.3, 0.4) is 0 Å². The van der Waals surface area contributed by atoms with Crippen LogP contribution in [0.1, 0.15) is 76.5 Å². The molecule has 10 nitrogen and oxygen atoms in total. The van der Waals surface area contributed by atoms with Crippen LogP contribution >= 0.6 is 11.8 Å². The van der Waals surface area contributed by atoms with Crippen LogP contribution in [-0.2, 0) is 37.2 Å². The maximum Gasteiger partial charge on any atom is 0.294 e. The highest BCUT2D eigenvalue weighted by Gasteiger charge is 2.45. The SMILES string of the molecule is C=S(=O)(O)c1ccc2c(c1)C(C)(C)C(C=CC1=C(Sc3ccc(CCN)cc3)C(=CC=C3N(CCC[N+](C)(C)C)c4ccc(S(=O)(=O)O)cc4C3(C)C)CCC1)=[N+]2CCC[N+](C)(C)C. The van der Waals surface area contributed by atoms with Gasteiger partial charge in [0.2, 0.25) is 5.69 Å². The zero-order chi connectivity index (χ0) is 47.0. The second-order valence-electron chi connectivity index (χ2n) is 20.7. The number of fused-ring (bicyclic) bond motifs is 2. The molecule has 13 heteroatoms. The number of rotatable bonds is 17. The van der Waals surface area contributed by atoms with Crippen molar-refractivity contribution in [3.8, 4) is 0 Å². The number of nitrogens with zero attached hydrogens (tertiary/aromatic N) is 4. The molecule has 3 aromatic rings. The highest BCUT2D eigenvalue weighted by Crippen LogP contribution is 2.50. The predicted molar refractivity (Wildman–Crippen MR) is 268 cm³/mol. The maximum atomic E-state index is 12.8. The number of quaternary nitrogens is 2. The fraction of sp³-hybridized carbons (Fsp3) is 0.451. The number of nitrogens with two attached hydrogens (primary N) is 1. The minimum absolute atomic E-state index is 0.0952. The Labute approximate surface area is 388 Å². The van der Waals surface area contributed by atoms with Crippen LogP contribution in [0.5, 0.6) is 0 Å². The Kier molecular flexibility index (Phi) is 14.6. The van der Waals surface area contributed by atoms with E-state index in [9.17, 15) is 21.7 Å². The molecule has 1 atom stereocenters. The zero-order valence-corrected chi connectivity index (χ0v) is 42.2. The molecule has 2 heterocycles. The lowest BCUT2D eigenvalue weighted by molar-refractivity contribution is -0.871. The van der Waals surface area contributed by atoms with Gasteiger partial charge in [-0.2, -0.15) is 13.0 Å². The minimum Gasteiger partial charge on any atom is -0.344 e. The number of hydrogen-bond acceptors (Lipinski definition) is 6. The highest BCUT2D eigenvalue weighted by atomic mass is 32.2. The molecule has 0 saturated carbocycles. The van der Waals surface area contributed by atoms with Crippen molar-refractivity contribution >= 4 is 54.6 Å². The standard InChI is InChI=1S/C51H70N5O5S3/c1-50(2)43-35-41(63(11,57)58)23-25-45(43)53(31-13-33-55(5,6)7)47(50)27-19-38-15-12-16-39(49(38)62-40-21-17-37(18-22-40)29-30-52)20-28-48-51(3,4)44-36-42(64(59,60)61)24-26-46(44)54(48)32-14-34-56(8,9)10/h17-28,35-36H,11-16,29-34,52H2,1-10H3/q+1/p+2. The molecule has 2 aliphatic heterocycles. The number of allylic oxidation sites excluding steroid dienone is 7. The molecule has 0 aromatic heterocycles. The lowest BCUT2D eigenvalue weighted by atomic mass is 9.81. The van der Waals surface area contributed by atoms with Gasteiger partial charge in [0.15, 0.2) is 12.3 Å². The molecular weight excluding hydrogens is 859 g/mol. The van der Waals surface area contributed by atoms with Crippen LogP contribution in [-0.4, -0.2) is 122 Å². The van der Waals surface area contributed by atoms with Gasteiger partial charge in [-0.1, -0.05) is 49.9 Å². The molecule has 346 valence electrons. The first-order chi connectivity index (χ1) is 29.7. The van der Waals surface area contributed by atoms with Gasteiger partial charge in [0.25, 0.3) is 10.1 Å². The molecule has 0 bridgehead atoms. The molecular formula is C51H72N5O5S3+3. The van der Waals surface area contributed by atoms with Crippen molar-refractivity contribution in [1.82, 2.24) is 0 Å². The first-order valence-electron chi connectivity index (χ1n) is 22.4. The number of thioether (sulfide) groups is 1. The van der Waals surface area contributed by atoms with E-state index in [1.807, 2.05) is 18.2 Å². The summed E-state index contributed by atoms with van der Waals surface area (Å²) in [6.45, 7) is 12.8. The van der Waals surface area contributed by atoms with Gasteiger partial charge in [0, 0.05) is 57.3 Å². The van der Waals surface area contributed by atoms with Gasteiger partial charge in [0.1, 0.15) is 9.80 Å². The van der Waals surface area contributed by atoms with Crippen molar-refractivity contribution < 1.29 is 35.3 Å². The Morgan fingerprint density at radius 2 is 1.45 bits per heavy atom. The molecule has 4 N–H and O–H groups in total. The Balaban J connectivity index is 1.48. The molecule has 64 heavy (non-hydrogen) atoms. The van der Waals surface area contributed by atoms with E-state index in [4.69, 9.17) is 5.73 Å². The molecule has 3 aromatic carbocycles. The number of anilines is 1. The predicted octanol–water partition coefficient (Wildman–Crippen LogP) is 8.95. The van der Waals surface area contributed by atoms with Gasteiger partial charge < -0.3 is 24.2 Å². The molecule has 1 aliphatic carbocycles. The van der Waals surface area contributed by atoms with E-state index in [0.717, 1.165) is 112 Å². The summed E-state index contributed by atoms with van der Waals surface area (Å²) in [7, 11) is 5.43. The average molecular weight is 931 g/mol. The smallest absolute Gasteiger partial charge is 0.294 e. The molecule has 1 unspecified atom stereocenters. The van der Waals surface area contributed by atoms with Gasteiger partial charge in [-0.3, -0.25) is 4.55 Å². The Morgan fingerprint density at radius 3 is 2.08 bits per heavy atom. The van der Waals surface area contributed by atoms with Crippen molar-refractivity contribution in [2.24, 2.45) is 5.73 Å². The summed E-state index contributed by atoms with van der Waals surface area (Å²) in [6, 6.07) is 19.3. The highest BCUT2D eigenvalue weighted by molar-refractivity contribution is 8.03. The van der Waals surface area contributed by atoms with Crippen molar-refractivity contribution in [2.75, 3.05) is 79.9 Å². The van der Waals surface area contributed by atoms with Gasteiger partial charge in [0.05, 0.1) is 77.0 Å². The van der Waals surface area contributed by atoms with Crippen LogP contribution < -0.4 is 10.6 Å². The lowest BCUT2D eigenvalue weighted by Gasteiger charge is -2.29. The fourth-order valence-electron chi connectivity index (χ4n) is 9.28. The second-order valence-corrected chi connectivity index (χ2v) is 25.0. The van der Waals surface area contributed by atoms with E-state index in [0.29, 0.717) is 11.4 Å². The maximum absolute atomic E-state index is 12.8. The topological polar surface area (TPSA) is 124 Å². The molecule has 6 rings (SSSR count). The first kappa shape index (κ1) is 49.6. The molecule has 0 spiro atoms. The first-order valence-corrected chi connectivity index (χ1v) is 26.3. The summed E-state index contributed by atoms with van der Waals surface area (Å²) < 4.78 is 62.1. The van der Waals surface area contributed by atoms with E-state index in [2.05, 4.69) is 134 Å². The monoisotopic (exact) mass is 930 g/mol. The van der Waals surface area contributed by atoms with Crippen LogP contribution in [0.2, 0.25) is 0 Å². The van der Waals surface area contributed by atoms with Crippen LogP contribution in [0.15, 0.2) is 121 Å². The van der Waals surface area contributed by atoms with Gasteiger partial charge in [-0.05, 0) is 123 Å². The van der Waals surface area contributed by atoms with Crippen LogP contribution in [0.25, 0.3) is 0 Å². The third-order valence-corrected chi connectivity index (χ3v) is 15.8. The summed E-state index contributed by atoms with van der Waals surface area (Å²) in [6.07, 6.45) is 14.6. The van der Waals surface area contributed by atoms with Crippen LogP contribution in [0.4, 0.5) is 11.4 Å². The quantitative estimate of drug-likeness (QED) is 0.0531. The van der Waals surface area contributed by atoms with Crippen molar-refractivity contribution in [3.05, 3.63) is 123 Å². The van der Waals surface area contributed by atoms with E-state index in [-0.39, 0.29) is 4.90 Å².